The number of rotatable bonds is 2. The van der Waals surface area contributed by atoms with Gasteiger partial charge in [0.15, 0.2) is 5.84 Å². The molecule has 0 spiro atoms. The molecule has 0 aliphatic carbocycles. The third kappa shape index (κ3) is 1.96. The molecule has 0 aliphatic heterocycles. The highest BCUT2D eigenvalue weighted by Crippen LogP contribution is 2.19. The maximum atomic E-state index is 8.61. The molecule has 14 heavy (non-hydrogen) atoms. The van der Waals surface area contributed by atoms with E-state index in [0.29, 0.717) is 0 Å². The van der Waals surface area contributed by atoms with Gasteiger partial charge in [-0.05, 0) is 24.6 Å². The molecular formula is C10H15N3O. The van der Waals surface area contributed by atoms with Gasteiger partial charge in [0.25, 0.3) is 0 Å². The van der Waals surface area contributed by atoms with E-state index in [4.69, 9.17) is 10.9 Å². The van der Waals surface area contributed by atoms with Gasteiger partial charge < -0.3 is 15.8 Å². The third-order valence-corrected chi connectivity index (χ3v) is 2.02. The quantitative estimate of drug-likeness (QED) is 0.320. The van der Waals surface area contributed by atoms with Crippen molar-refractivity contribution in [1.82, 2.24) is 0 Å². The van der Waals surface area contributed by atoms with Gasteiger partial charge in [-0.2, -0.15) is 0 Å². The number of aryl methyl sites for hydroxylation is 1. The Hall–Kier alpha value is -1.71. The second kappa shape index (κ2) is 4.00. The minimum absolute atomic E-state index is 0.133. The number of hydrogen-bond acceptors (Lipinski definition) is 3. The van der Waals surface area contributed by atoms with Gasteiger partial charge in [-0.25, -0.2) is 0 Å². The molecule has 0 aromatic heterocycles. The summed E-state index contributed by atoms with van der Waals surface area (Å²) >= 11 is 0. The summed E-state index contributed by atoms with van der Waals surface area (Å²) in [6, 6.07) is 5.77. The van der Waals surface area contributed by atoms with Crippen LogP contribution in [0, 0.1) is 6.92 Å². The average molecular weight is 193 g/mol. The zero-order valence-corrected chi connectivity index (χ0v) is 8.65. The van der Waals surface area contributed by atoms with Crippen molar-refractivity contribution in [2.75, 3.05) is 19.0 Å². The molecule has 0 radical (unpaired) electrons. The van der Waals surface area contributed by atoms with Crippen LogP contribution in [0.3, 0.4) is 0 Å². The van der Waals surface area contributed by atoms with E-state index in [-0.39, 0.29) is 5.84 Å². The van der Waals surface area contributed by atoms with E-state index in [0.717, 1.165) is 16.8 Å². The van der Waals surface area contributed by atoms with Crippen LogP contribution in [0.4, 0.5) is 5.69 Å². The van der Waals surface area contributed by atoms with E-state index in [9.17, 15) is 0 Å². The van der Waals surface area contributed by atoms with Gasteiger partial charge in [-0.1, -0.05) is 11.2 Å². The average Bonchev–Trinajstić information content (AvgIpc) is 2.16. The highest BCUT2D eigenvalue weighted by atomic mass is 16.4. The zero-order chi connectivity index (χ0) is 10.7. The molecule has 0 atom stereocenters. The Morgan fingerprint density at radius 2 is 2.07 bits per heavy atom. The fourth-order valence-electron chi connectivity index (χ4n) is 1.28. The monoisotopic (exact) mass is 193 g/mol. The first-order valence-corrected chi connectivity index (χ1v) is 4.32. The van der Waals surface area contributed by atoms with Crippen LogP contribution in [0.5, 0.6) is 0 Å². The smallest absolute Gasteiger partial charge is 0.172 e. The van der Waals surface area contributed by atoms with Crippen molar-refractivity contribution in [2.24, 2.45) is 10.9 Å². The standard InChI is InChI=1S/C10H15N3O/c1-7-4-5-8(10(11)12-14)9(6-7)13(2)3/h4-6,14H,1-3H3,(H2,11,12). The number of hydrogen-bond donors (Lipinski definition) is 2. The van der Waals surface area contributed by atoms with E-state index in [2.05, 4.69) is 5.16 Å². The first kappa shape index (κ1) is 10.4. The topological polar surface area (TPSA) is 61.9 Å². The lowest BCUT2D eigenvalue weighted by atomic mass is 10.1. The number of anilines is 1. The van der Waals surface area contributed by atoms with Crippen LogP contribution < -0.4 is 10.6 Å². The Labute approximate surface area is 83.6 Å². The summed E-state index contributed by atoms with van der Waals surface area (Å²) in [6.45, 7) is 2.00. The molecule has 0 unspecified atom stereocenters. The summed E-state index contributed by atoms with van der Waals surface area (Å²) in [7, 11) is 3.84. The summed E-state index contributed by atoms with van der Waals surface area (Å²) in [5.74, 6) is 0.133. The Kier molecular flexibility index (Phi) is 2.96. The van der Waals surface area contributed by atoms with Crippen molar-refractivity contribution in [2.45, 2.75) is 6.92 Å². The van der Waals surface area contributed by atoms with Crippen LogP contribution in [-0.2, 0) is 0 Å². The summed E-state index contributed by atoms with van der Waals surface area (Å²) in [6.07, 6.45) is 0. The van der Waals surface area contributed by atoms with Gasteiger partial charge in [-0.15, -0.1) is 0 Å². The van der Waals surface area contributed by atoms with Crippen molar-refractivity contribution < 1.29 is 5.21 Å². The van der Waals surface area contributed by atoms with E-state index in [1.165, 1.54) is 0 Å². The van der Waals surface area contributed by atoms with Crippen LogP contribution in [-0.4, -0.2) is 25.1 Å². The van der Waals surface area contributed by atoms with Gasteiger partial charge in [-0.3, -0.25) is 0 Å². The van der Waals surface area contributed by atoms with Crippen LogP contribution in [0.2, 0.25) is 0 Å². The van der Waals surface area contributed by atoms with Gasteiger partial charge in [0.2, 0.25) is 0 Å². The van der Waals surface area contributed by atoms with Gasteiger partial charge in [0, 0.05) is 25.3 Å². The molecule has 76 valence electrons. The van der Waals surface area contributed by atoms with Gasteiger partial charge >= 0.3 is 0 Å². The Bertz CT molecular complexity index is 358. The Balaban J connectivity index is 3.29. The van der Waals surface area contributed by atoms with Crippen LogP contribution >= 0.6 is 0 Å². The molecule has 1 aromatic carbocycles. The van der Waals surface area contributed by atoms with Crippen LogP contribution in [0.15, 0.2) is 23.4 Å². The number of amidine groups is 1. The second-order valence-electron chi connectivity index (χ2n) is 3.40. The summed E-state index contributed by atoms with van der Waals surface area (Å²) in [5.41, 5.74) is 8.38. The Morgan fingerprint density at radius 3 is 2.57 bits per heavy atom. The minimum Gasteiger partial charge on any atom is -0.409 e. The fourth-order valence-corrected chi connectivity index (χ4v) is 1.28. The van der Waals surface area contributed by atoms with E-state index in [1.807, 2.05) is 44.1 Å². The first-order chi connectivity index (χ1) is 6.56. The third-order valence-electron chi connectivity index (χ3n) is 2.02. The van der Waals surface area contributed by atoms with Crippen molar-refractivity contribution >= 4 is 11.5 Å². The number of oxime groups is 1. The maximum absolute atomic E-state index is 8.61. The van der Waals surface area contributed by atoms with Crippen molar-refractivity contribution in [1.29, 1.82) is 0 Å². The van der Waals surface area contributed by atoms with Crippen LogP contribution in [0.25, 0.3) is 0 Å². The second-order valence-corrected chi connectivity index (χ2v) is 3.40. The Morgan fingerprint density at radius 1 is 1.43 bits per heavy atom. The van der Waals surface area contributed by atoms with E-state index < -0.39 is 0 Å². The molecular weight excluding hydrogens is 178 g/mol. The SMILES string of the molecule is Cc1ccc(/C(N)=N/O)c(N(C)C)c1. The van der Waals surface area contributed by atoms with Crippen molar-refractivity contribution in [3.05, 3.63) is 29.3 Å². The molecule has 4 heteroatoms. The summed E-state index contributed by atoms with van der Waals surface area (Å²) in [4.78, 5) is 1.93. The lowest BCUT2D eigenvalue weighted by Gasteiger charge is -2.17. The predicted octanol–water partition coefficient (Wildman–Crippen LogP) is 1.16. The number of benzene rings is 1. The molecule has 1 rings (SSSR count). The lowest BCUT2D eigenvalue weighted by Crippen LogP contribution is -2.19. The minimum atomic E-state index is 0.133. The molecule has 3 N–H and O–H groups in total. The highest BCUT2D eigenvalue weighted by Gasteiger charge is 2.08. The van der Waals surface area contributed by atoms with Crippen molar-refractivity contribution in [3.8, 4) is 0 Å². The van der Waals surface area contributed by atoms with Gasteiger partial charge in [0.05, 0.1) is 0 Å². The normalized spacial score (nSPS) is 11.5. The number of nitrogens with zero attached hydrogens (tertiary/aromatic N) is 2. The zero-order valence-electron chi connectivity index (χ0n) is 8.65. The summed E-state index contributed by atoms with van der Waals surface area (Å²) < 4.78 is 0. The molecule has 0 heterocycles. The molecule has 0 bridgehead atoms. The number of nitrogens with two attached hydrogens (primary N) is 1. The fraction of sp³-hybridized carbons (Fsp3) is 0.300. The maximum Gasteiger partial charge on any atom is 0.172 e. The molecule has 4 nitrogen and oxygen atoms in total. The first-order valence-electron chi connectivity index (χ1n) is 4.32. The molecule has 0 amide bonds. The molecule has 0 fully saturated rings. The predicted molar refractivity (Wildman–Crippen MR) is 58.0 cm³/mol. The largest absolute Gasteiger partial charge is 0.409 e. The summed E-state index contributed by atoms with van der Waals surface area (Å²) in [5, 5.41) is 11.6. The van der Waals surface area contributed by atoms with E-state index in [1.54, 1.807) is 0 Å². The van der Waals surface area contributed by atoms with Crippen molar-refractivity contribution in [3.63, 3.8) is 0 Å². The molecule has 1 aromatic rings. The van der Waals surface area contributed by atoms with Crippen LogP contribution in [0.1, 0.15) is 11.1 Å². The molecule has 0 saturated heterocycles. The highest BCUT2D eigenvalue weighted by molar-refractivity contribution is 6.02. The lowest BCUT2D eigenvalue weighted by molar-refractivity contribution is 0.318. The van der Waals surface area contributed by atoms with Gasteiger partial charge in [0.1, 0.15) is 0 Å². The molecule has 0 aliphatic rings. The van der Waals surface area contributed by atoms with E-state index >= 15 is 0 Å². The molecule has 0 saturated carbocycles.